The Hall–Kier alpha value is -0.0800. The molecule has 0 N–H and O–H groups in total. The van der Waals surface area contributed by atoms with E-state index in [0.29, 0.717) is 29.1 Å². The van der Waals surface area contributed by atoms with Crippen LogP contribution in [0, 0.1) is 22.7 Å². The SMILES string of the molecule is CC(C)(C)C1CCC(OCCC(C)(C)C2CC3CCC(C2)O3)C1. The molecule has 2 saturated heterocycles. The zero-order valence-electron chi connectivity index (χ0n) is 16.1. The lowest BCUT2D eigenvalue weighted by Gasteiger charge is -2.40. The fourth-order valence-corrected chi connectivity index (χ4v) is 5.07. The van der Waals surface area contributed by atoms with E-state index in [9.17, 15) is 0 Å². The van der Waals surface area contributed by atoms with Gasteiger partial charge in [-0.3, -0.25) is 0 Å². The third-order valence-electron chi connectivity index (χ3n) is 7.10. The molecule has 0 radical (unpaired) electrons. The number of fused-ring (bicyclic) bond motifs is 2. The van der Waals surface area contributed by atoms with Gasteiger partial charge in [0.1, 0.15) is 0 Å². The van der Waals surface area contributed by atoms with Crippen LogP contribution < -0.4 is 0 Å². The molecule has 2 heterocycles. The van der Waals surface area contributed by atoms with Crippen molar-refractivity contribution in [3.63, 3.8) is 0 Å². The maximum Gasteiger partial charge on any atom is 0.0582 e. The summed E-state index contributed by atoms with van der Waals surface area (Å²) in [6.07, 6.45) is 11.9. The van der Waals surface area contributed by atoms with E-state index < -0.39 is 0 Å². The van der Waals surface area contributed by atoms with Crippen molar-refractivity contribution in [2.24, 2.45) is 22.7 Å². The van der Waals surface area contributed by atoms with Crippen molar-refractivity contribution in [2.75, 3.05) is 6.61 Å². The summed E-state index contributed by atoms with van der Waals surface area (Å²) in [7, 11) is 0. The highest BCUT2D eigenvalue weighted by Crippen LogP contribution is 2.46. The topological polar surface area (TPSA) is 18.5 Å². The van der Waals surface area contributed by atoms with E-state index in [0.717, 1.165) is 18.4 Å². The van der Waals surface area contributed by atoms with Gasteiger partial charge in [0.2, 0.25) is 0 Å². The second-order valence-corrected chi connectivity index (χ2v) is 10.2. The standard InChI is InChI=1S/C21H38O2/c1-20(2,3)15-6-7-17(12-15)22-11-10-21(4,5)16-13-18-8-9-19(14-16)23-18/h15-19H,6-14H2,1-5H3. The average molecular weight is 323 g/mol. The van der Waals surface area contributed by atoms with Crippen molar-refractivity contribution in [3.05, 3.63) is 0 Å². The third kappa shape index (κ3) is 4.31. The van der Waals surface area contributed by atoms with E-state index >= 15 is 0 Å². The predicted molar refractivity (Wildman–Crippen MR) is 95.6 cm³/mol. The molecule has 23 heavy (non-hydrogen) atoms. The van der Waals surface area contributed by atoms with Gasteiger partial charge in [0, 0.05) is 6.61 Å². The number of hydrogen-bond donors (Lipinski definition) is 0. The monoisotopic (exact) mass is 322 g/mol. The second-order valence-electron chi connectivity index (χ2n) is 10.2. The molecular formula is C21H38O2. The normalized spacial score (nSPS) is 38.2. The van der Waals surface area contributed by atoms with Crippen LogP contribution in [0.1, 0.15) is 86.0 Å². The van der Waals surface area contributed by atoms with Crippen LogP contribution >= 0.6 is 0 Å². The Morgan fingerprint density at radius 2 is 1.48 bits per heavy atom. The molecule has 1 saturated carbocycles. The maximum absolute atomic E-state index is 6.29. The Balaban J connectivity index is 1.41. The van der Waals surface area contributed by atoms with Crippen LogP contribution in [0.5, 0.6) is 0 Å². The van der Waals surface area contributed by atoms with Gasteiger partial charge in [0.15, 0.2) is 0 Å². The van der Waals surface area contributed by atoms with Crippen LogP contribution in [-0.4, -0.2) is 24.9 Å². The summed E-state index contributed by atoms with van der Waals surface area (Å²) in [5.41, 5.74) is 0.839. The molecule has 0 spiro atoms. The molecule has 3 aliphatic rings. The van der Waals surface area contributed by atoms with Gasteiger partial charge >= 0.3 is 0 Å². The molecule has 2 nitrogen and oxygen atoms in total. The highest BCUT2D eigenvalue weighted by Gasteiger charge is 2.41. The lowest BCUT2D eigenvalue weighted by molar-refractivity contribution is -0.0575. The first-order chi connectivity index (χ1) is 10.7. The lowest BCUT2D eigenvalue weighted by atomic mass is 9.71. The maximum atomic E-state index is 6.29. The Kier molecular flexibility index (Phi) is 5.14. The Bertz CT molecular complexity index is 383. The van der Waals surface area contributed by atoms with Crippen molar-refractivity contribution in [3.8, 4) is 0 Å². The number of hydrogen-bond acceptors (Lipinski definition) is 2. The lowest BCUT2D eigenvalue weighted by Crippen LogP contribution is -2.35. The minimum atomic E-state index is 0.395. The largest absolute Gasteiger partial charge is 0.378 e. The molecule has 3 fully saturated rings. The van der Waals surface area contributed by atoms with Gasteiger partial charge in [-0.05, 0) is 74.0 Å². The van der Waals surface area contributed by atoms with Crippen LogP contribution in [0.3, 0.4) is 0 Å². The molecule has 0 aromatic heterocycles. The first-order valence-electron chi connectivity index (χ1n) is 10.0. The summed E-state index contributed by atoms with van der Waals surface area (Å²) in [6, 6.07) is 0. The first kappa shape index (κ1) is 17.7. The zero-order chi connectivity index (χ0) is 16.7. The second kappa shape index (κ2) is 6.67. The highest BCUT2D eigenvalue weighted by atomic mass is 16.5. The summed E-state index contributed by atoms with van der Waals surface area (Å²) < 4.78 is 12.3. The summed E-state index contributed by atoms with van der Waals surface area (Å²) in [5.74, 6) is 1.66. The predicted octanol–water partition coefficient (Wildman–Crippen LogP) is 5.59. The third-order valence-corrected chi connectivity index (χ3v) is 7.10. The minimum absolute atomic E-state index is 0.395. The molecule has 0 aromatic carbocycles. The van der Waals surface area contributed by atoms with Crippen molar-refractivity contribution >= 4 is 0 Å². The molecule has 0 aromatic rings. The fourth-order valence-electron chi connectivity index (χ4n) is 5.07. The average Bonchev–Trinajstić information content (AvgIpc) is 3.05. The minimum Gasteiger partial charge on any atom is -0.378 e. The summed E-state index contributed by atoms with van der Waals surface area (Å²) in [5, 5.41) is 0. The van der Waals surface area contributed by atoms with Crippen LogP contribution in [0.2, 0.25) is 0 Å². The zero-order valence-corrected chi connectivity index (χ0v) is 16.1. The van der Waals surface area contributed by atoms with Crippen molar-refractivity contribution in [1.82, 2.24) is 0 Å². The highest BCUT2D eigenvalue weighted by molar-refractivity contribution is 4.91. The molecule has 3 rings (SSSR count). The van der Waals surface area contributed by atoms with Crippen LogP contribution in [0.4, 0.5) is 0 Å². The number of rotatable bonds is 5. The summed E-state index contributed by atoms with van der Waals surface area (Å²) in [4.78, 5) is 0. The quantitative estimate of drug-likeness (QED) is 0.656. The molecule has 2 heteroatoms. The van der Waals surface area contributed by atoms with Gasteiger partial charge in [0.25, 0.3) is 0 Å². The molecule has 0 amide bonds. The van der Waals surface area contributed by atoms with E-state index in [2.05, 4.69) is 34.6 Å². The first-order valence-corrected chi connectivity index (χ1v) is 10.0. The van der Waals surface area contributed by atoms with Crippen molar-refractivity contribution < 1.29 is 9.47 Å². The molecule has 4 atom stereocenters. The Morgan fingerprint density at radius 3 is 2.04 bits per heavy atom. The van der Waals surface area contributed by atoms with Gasteiger partial charge < -0.3 is 9.47 Å². The molecule has 134 valence electrons. The molecule has 2 bridgehead atoms. The Morgan fingerprint density at radius 1 is 0.826 bits per heavy atom. The van der Waals surface area contributed by atoms with Gasteiger partial charge in [0.05, 0.1) is 18.3 Å². The van der Waals surface area contributed by atoms with E-state index in [-0.39, 0.29) is 0 Å². The van der Waals surface area contributed by atoms with Gasteiger partial charge in [-0.2, -0.15) is 0 Å². The fraction of sp³-hybridized carbons (Fsp3) is 1.00. The van der Waals surface area contributed by atoms with Crippen LogP contribution in [-0.2, 0) is 9.47 Å². The van der Waals surface area contributed by atoms with Crippen LogP contribution in [0.25, 0.3) is 0 Å². The Labute approximate surface area is 143 Å². The van der Waals surface area contributed by atoms with Gasteiger partial charge in [-0.15, -0.1) is 0 Å². The van der Waals surface area contributed by atoms with Crippen LogP contribution in [0.15, 0.2) is 0 Å². The number of ether oxygens (including phenoxy) is 2. The van der Waals surface area contributed by atoms with Gasteiger partial charge in [-0.25, -0.2) is 0 Å². The molecule has 1 aliphatic carbocycles. The van der Waals surface area contributed by atoms with Gasteiger partial charge in [-0.1, -0.05) is 34.6 Å². The molecule has 2 aliphatic heterocycles. The van der Waals surface area contributed by atoms with Crippen molar-refractivity contribution in [2.45, 2.75) is 104 Å². The molecule has 4 unspecified atom stereocenters. The van der Waals surface area contributed by atoms with Crippen molar-refractivity contribution in [1.29, 1.82) is 0 Å². The van der Waals surface area contributed by atoms with E-state index in [1.165, 1.54) is 51.4 Å². The van der Waals surface area contributed by atoms with E-state index in [1.807, 2.05) is 0 Å². The van der Waals surface area contributed by atoms with E-state index in [4.69, 9.17) is 9.47 Å². The smallest absolute Gasteiger partial charge is 0.0582 e. The van der Waals surface area contributed by atoms with E-state index in [1.54, 1.807) is 0 Å². The summed E-state index contributed by atoms with van der Waals surface area (Å²) >= 11 is 0. The molecular weight excluding hydrogens is 284 g/mol. The summed E-state index contributed by atoms with van der Waals surface area (Å²) in [6.45, 7) is 13.0.